The third kappa shape index (κ3) is 2.58. The number of hydrogen-bond donors (Lipinski definition) is 1. The van der Waals surface area contributed by atoms with Gasteiger partial charge in [0.2, 0.25) is 0 Å². The summed E-state index contributed by atoms with van der Waals surface area (Å²) in [7, 11) is 0. The molecule has 0 fully saturated rings. The number of rotatable bonds is 4. The molecule has 2 aromatic heterocycles. The topological polar surface area (TPSA) is 115 Å². The predicted octanol–water partition coefficient (Wildman–Crippen LogP) is 1.94. The molecule has 18 heavy (non-hydrogen) atoms. The molecule has 2 rings (SSSR count). The molecular weight excluding hydrogens is 262 g/mol. The van der Waals surface area contributed by atoms with Crippen LogP contribution in [0.5, 0.6) is 10.9 Å². The van der Waals surface area contributed by atoms with Crippen molar-refractivity contribution in [3.63, 3.8) is 0 Å². The second kappa shape index (κ2) is 4.75. The van der Waals surface area contributed by atoms with Gasteiger partial charge in [-0.1, -0.05) is 0 Å². The molecule has 0 aliphatic carbocycles. The van der Waals surface area contributed by atoms with Gasteiger partial charge in [0.15, 0.2) is 0 Å². The van der Waals surface area contributed by atoms with Crippen LogP contribution in [0.15, 0.2) is 24.7 Å². The van der Waals surface area contributed by atoms with Crippen molar-refractivity contribution in [2.24, 2.45) is 0 Å². The van der Waals surface area contributed by atoms with E-state index in [1.54, 1.807) is 0 Å². The van der Waals surface area contributed by atoms with E-state index in [-0.39, 0.29) is 21.5 Å². The highest BCUT2D eigenvalue weighted by Gasteiger charge is 2.13. The molecule has 0 aromatic carbocycles. The summed E-state index contributed by atoms with van der Waals surface area (Å²) in [4.78, 5) is 27.9. The van der Waals surface area contributed by atoms with Gasteiger partial charge < -0.3 is 9.84 Å². The molecule has 0 spiro atoms. The predicted molar refractivity (Wildman–Crippen MR) is 60.0 cm³/mol. The monoisotopic (exact) mass is 267 g/mol. The van der Waals surface area contributed by atoms with Crippen LogP contribution in [0.3, 0.4) is 0 Å². The number of carboxylic acids is 1. The summed E-state index contributed by atoms with van der Waals surface area (Å²) in [5.41, 5.74) is -0.0430. The third-order valence-electron chi connectivity index (χ3n) is 1.82. The number of thiazole rings is 1. The minimum Gasteiger partial charge on any atom is -0.478 e. The highest BCUT2D eigenvalue weighted by molar-refractivity contribution is 7.16. The first kappa shape index (κ1) is 11.9. The molecule has 92 valence electrons. The molecule has 2 heterocycles. The maximum Gasteiger partial charge on any atom is 0.347 e. The van der Waals surface area contributed by atoms with Gasteiger partial charge in [0.05, 0.1) is 16.7 Å². The van der Waals surface area contributed by atoms with Crippen molar-refractivity contribution in [1.82, 2.24) is 9.97 Å². The molecule has 2 aromatic rings. The standard InChI is InChI=1S/C9H5N3O5S/c13-8(14)5-1-6(3-10-2-5)17-9-11-4-7(18-9)12(15)16/h1-4H,(H,13,14). The van der Waals surface area contributed by atoms with Crippen molar-refractivity contribution >= 4 is 22.3 Å². The Morgan fingerprint density at radius 1 is 1.44 bits per heavy atom. The number of nitro groups is 1. The second-order valence-corrected chi connectivity index (χ2v) is 4.01. The molecule has 0 radical (unpaired) electrons. The molecule has 0 unspecified atom stereocenters. The van der Waals surface area contributed by atoms with Crippen LogP contribution in [0.4, 0.5) is 5.00 Å². The van der Waals surface area contributed by atoms with Crippen LogP contribution in [-0.4, -0.2) is 26.0 Å². The highest BCUT2D eigenvalue weighted by Crippen LogP contribution is 2.30. The van der Waals surface area contributed by atoms with Crippen molar-refractivity contribution in [2.45, 2.75) is 0 Å². The fourth-order valence-electron chi connectivity index (χ4n) is 1.07. The van der Waals surface area contributed by atoms with Crippen LogP contribution < -0.4 is 4.74 Å². The van der Waals surface area contributed by atoms with E-state index in [4.69, 9.17) is 9.84 Å². The summed E-state index contributed by atoms with van der Waals surface area (Å²) in [6.07, 6.45) is 3.52. The number of aromatic nitrogens is 2. The summed E-state index contributed by atoms with van der Waals surface area (Å²) in [5.74, 6) is -0.989. The zero-order valence-electron chi connectivity index (χ0n) is 8.64. The normalized spacial score (nSPS) is 10.0. The summed E-state index contributed by atoms with van der Waals surface area (Å²) in [6.45, 7) is 0. The van der Waals surface area contributed by atoms with E-state index in [9.17, 15) is 14.9 Å². The number of nitrogens with zero attached hydrogens (tertiary/aromatic N) is 3. The lowest BCUT2D eigenvalue weighted by Gasteiger charge is -2.00. The molecule has 1 N–H and O–H groups in total. The van der Waals surface area contributed by atoms with Crippen molar-refractivity contribution in [2.75, 3.05) is 0 Å². The Labute approximate surface area is 104 Å². The molecule has 0 saturated heterocycles. The van der Waals surface area contributed by atoms with Gasteiger partial charge in [-0.2, -0.15) is 0 Å². The zero-order valence-corrected chi connectivity index (χ0v) is 9.46. The van der Waals surface area contributed by atoms with E-state index in [2.05, 4.69) is 9.97 Å². The van der Waals surface area contributed by atoms with Crippen molar-refractivity contribution in [1.29, 1.82) is 0 Å². The molecule has 8 nitrogen and oxygen atoms in total. The highest BCUT2D eigenvalue weighted by atomic mass is 32.1. The van der Waals surface area contributed by atoms with Gasteiger partial charge >= 0.3 is 11.0 Å². The van der Waals surface area contributed by atoms with Gasteiger partial charge in [-0.15, -0.1) is 0 Å². The number of hydrogen-bond acceptors (Lipinski definition) is 7. The first-order valence-corrected chi connectivity index (χ1v) is 5.34. The van der Waals surface area contributed by atoms with Crippen LogP contribution in [0.1, 0.15) is 10.4 Å². The lowest BCUT2D eigenvalue weighted by molar-refractivity contribution is -0.380. The van der Waals surface area contributed by atoms with E-state index in [0.717, 1.165) is 17.5 Å². The summed E-state index contributed by atoms with van der Waals surface area (Å²) < 4.78 is 5.18. The van der Waals surface area contributed by atoms with Gasteiger partial charge in [0, 0.05) is 6.20 Å². The van der Waals surface area contributed by atoms with Gasteiger partial charge in [0.25, 0.3) is 5.19 Å². The SMILES string of the molecule is O=C(O)c1cncc(Oc2ncc([N+](=O)[O-])s2)c1. The Kier molecular flexibility index (Phi) is 3.15. The van der Waals surface area contributed by atoms with Crippen LogP contribution >= 0.6 is 11.3 Å². The lowest BCUT2D eigenvalue weighted by atomic mass is 10.3. The molecular formula is C9H5N3O5S. The second-order valence-electron chi connectivity index (χ2n) is 3.04. The molecule has 9 heteroatoms. The zero-order chi connectivity index (χ0) is 13.1. The van der Waals surface area contributed by atoms with Crippen LogP contribution in [-0.2, 0) is 0 Å². The molecule has 0 saturated carbocycles. The Bertz CT molecular complexity index is 612. The number of ether oxygens (including phenoxy) is 1. The number of pyridine rings is 1. The number of carbonyl (C=O) groups is 1. The fourth-order valence-corrected chi connectivity index (χ4v) is 1.68. The third-order valence-corrected chi connectivity index (χ3v) is 2.64. The van der Waals surface area contributed by atoms with Crippen LogP contribution in [0.25, 0.3) is 0 Å². The molecule has 0 aliphatic rings. The lowest BCUT2D eigenvalue weighted by Crippen LogP contribution is -1.97. The van der Waals surface area contributed by atoms with Crippen molar-refractivity contribution in [3.05, 3.63) is 40.3 Å². The first-order valence-electron chi connectivity index (χ1n) is 4.52. The first-order chi connectivity index (χ1) is 8.56. The smallest absolute Gasteiger partial charge is 0.347 e. The number of carboxylic acid groups (broad SMARTS) is 1. The largest absolute Gasteiger partial charge is 0.478 e. The van der Waals surface area contributed by atoms with Gasteiger partial charge in [-0.05, 0) is 17.4 Å². The molecule has 0 amide bonds. The minimum atomic E-state index is -1.14. The molecule has 0 atom stereocenters. The average Bonchev–Trinajstić information content (AvgIpc) is 2.78. The van der Waals surface area contributed by atoms with E-state index < -0.39 is 10.9 Å². The summed E-state index contributed by atoms with van der Waals surface area (Å²) in [5, 5.41) is 19.1. The number of aromatic carboxylic acids is 1. The van der Waals surface area contributed by atoms with E-state index in [1.165, 1.54) is 18.5 Å². The molecule has 0 aliphatic heterocycles. The van der Waals surface area contributed by atoms with Gasteiger partial charge in [-0.3, -0.25) is 15.1 Å². The van der Waals surface area contributed by atoms with Crippen molar-refractivity contribution < 1.29 is 19.6 Å². The Balaban J connectivity index is 2.20. The quantitative estimate of drug-likeness (QED) is 0.664. The maximum atomic E-state index is 10.7. The van der Waals surface area contributed by atoms with Gasteiger partial charge in [0.1, 0.15) is 11.9 Å². The van der Waals surface area contributed by atoms with Crippen molar-refractivity contribution in [3.8, 4) is 10.9 Å². The fraction of sp³-hybridized carbons (Fsp3) is 0. The maximum absolute atomic E-state index is 10.7. The van der Waals surface area contributed by atoms with Crippen LogP contribution in [0, 0.1) is 10.1 Å². The molecule has 0 bridgehead atoms. The Hall–Kier alpha value is -2.55. The minimum absolute atomic E-state index is 0.0430. The summed E-state index contributed by atoms with van der Waals surface area (Å²) >= 11 is 0.742. The van der Waals surface area contributed by atoms with E-state index in [0.29, 0.717) is 0 Å². The average molecular weight is 267 g/mol. The summed E-state index contributed by atoms with van der Waals surface area (Å²) in [6, 6.07) is 1.25. The van der Waals surface area contributed by atoms with Gasteiger partial charge in [-0.25, -0.2) is 9.78 Å². The van der Waals surface area contributed by atoms with E-state index >= 15 is 0 Å². The van der Waals surface area contributed by atoms with E-state index in [1.807, 2.05) is 0 Å². The Morgan fingerprint density at radius 3 is 2.83 bits per heavy atom. The van der Waals surface area contributed by atoms with Crippen LogP contribution in [0.2, 0.25) is 0 Å². The Morgan fingerprint density at radius 2 is 2.22 bits per heavy atom.